The molecule has 1 aromatic heterocycles. The van der Waals surface area contributed by atoms with Crippen molar-refractivity contribution in [1.82, 2.24) is 9.29 Å². The second-order valence-electron chi connectivity index (χ2n) is 7.13. The summed E-state index contributed by atoms with van der Waals surface area (Å²) < 4.78 is 27.5. The molecule has 4 rings (SSSR count). The molecule has 1 aromatic carbocycles. The van der Waals surface area contributed by atoms with Gasteiger partial charge in [-0.1, -0.05) is 25.5 Å². The number of hydrogen-bond acceptors (Lipinski definition) is 5. The average molecular weight is 406 g/mol. The fourth-order valence-corrected chi connectivity index (χ4v) is 5.77. The van der Waals surface area contributed by atoms with E-state index >= 15 is 0 Å². The van der Waals surface area contributed by atoms with Crippen LogP contribution in [0.15, 0.2) is 29.2 Å². The monoisotopic (exact) mass is 405 g/mol. The summed E-state index contributed by atoms with van der Waals surface area (Å²) in [5.41, 5.74) is 2.05. The van der Waals surface area contributed by atoms with Crippen molar-refractivity contribution < 1.29 is 13.2 Å². The number of benzene rings is 1. The van der Waals surface area contributed by atoms with E-state index in [1.807, 2.05) is 12.1 Å². The predicted octanol–water partition coefficient (Wildman–Crippen LogP) is 3.19. The quantitative estimate of drug-likeness (QED) is 0.800. The van der Waals surface area contributed by atoms with Crippen LogP contribution in [-0.4, -0.2) is 30.2 Å². The Bertz CT molecular complexity index is 947. The van der Waals surface area contributed by atoms with E-state index in [4.69, 9.17) is 0 Å². The number of nitrogens with one attached hydrogen (secondary N) is 1. The normalized spacial score (nSPS) is 17.5. The summed E-state index contributed by atoms with van der Waals surface area (Å²) >= 11 is 1.38. The topological polar surface area (TPSA) is 79.4 Å². The zero-order chi connectivity index (χ0) is 19.0. The van der Waals surface area contributed by atoms with Gasteiger partial charge in [0.1, 0.15) is 0 Å². The van der Waals surface area contributed by atoms with Gasteiger partial charge in [-0.05, 0) is 37.0 Å². The summed E-state index contributed by atoms with van der Waals surface area (Å²) in [6.07, 6.45) is 4.44. The van der Waals surface area contributed by atoms with Crippen molar-refractivity contribution in [3.63, 3.8) is 0 Å². The van der Waals surface area contributed by atoms with E-state index in [-0.39, 0.29) is 11.8 Å². The fourth-order valence-electron chi connectivity index (χ4n) is 3.25. The van der Waals surface area contributed by atoms with Gasteiger partial charge < -0.3 is 5.32 Å². The van der Waals surface area contributed by atoms with Crippen LogP contribution in [0.4, 0.5) is 5.13 Å². The number of hydrogen-bond donors (Lipinski definition) is 1. The van der Waals surface area contributed by atoms with Crippen LogP contribution in [0.1, 0.15) is 42.3 Å². The highest BCUT2D eigenvalue weighted by atomic mass is 32.2. The van der Waals surface area contributed by atoms with Gasteiger partial charge in [0.05, 0.1) is 17.1 Å². The predicted molar refractivity (Wildman–Crippen MR) is 105 cm³/mol. The Hall–Kier alpha value is -1.77. The molecular weight excluding hydrogens is 382 g/mol. The van der Waals surface area contributed by atoms with Gasteiger partial charge in [-0.15, -0.1) is 11.3 Å². The number of rotatable bonds is 6. The van der Waals surface area contributed by atoms with Gasteiger partial charge in [0.2, 0.25) is 15.9 Å². The van der Waals surface area contributed by atoms with E-state index < -0.39 is 10.0 Å². The lowest BCUT2D eigenvalue weighted by molar-refractivity contribution is -0.117. The molecular formula is C19H23N3O3S2. The summed E-state index contributed by atoms with van der Waals surface area (Å²) in [6.45, 7) is 2.82. The Morgan fingerprint density at radius 2 is 2.04 bits per heavy atom. The van der Waals surface area contributed by atoms with Crippen LogP contribution in [0.5, 0.6) is 0 Å². The SMILES string of the molecule is CCCc1ccc(S(=O)(=O)N2CCc3nc(NC(=O)C4CC4)sc3C2)cc1. The number of nitrogens with zero attached hydrogens (tertiary/aromatic N) is 2. The van der Waals surface area contributed by atoms with E-state index in [2.05, 4.69) is 17.2 Å². The third kappa shape index (κ3) is 3.93. The number of anilines is 1. The van der Waals surface area contributed by atoms with Crippen molar-refractivity contribution in [1.29, 1.82) is 0 Å². The minimum atomic E-state index is -3.53. The second kappa shape index (κ2) is 7.33. The van der Waals surface area contributed by atoms with E-state index in [0.717, 1.165) is 41.8 Å². The largest absolute Gasteiger partial charge is 0.302 e. The van der Waals surface area contributed by atoms with Crippen molar-refractivity contribution in [2.45, 2.75) is 50.5 Å². The molecule has 2 heterocycles. The van der Waals surface area contributed by atoms with Crippen LogP contribution in [0, 0.1) is 5.92 Å². The number of aromatic nitrogens is 1. The van der Waals surface area contributed by atoms with Gasteiger partial charge in [-0.25, -0.2) is 13.4 Å². The maximum absolute atomic E-state index is 13.0. The molecule has 0 atom stereocenters. The summed E-state index contributed by atoms with van der Waals surface area (Å²) in [5, 5.41) is 3.45. The minimum Gasteiger partial charge on any atom is -0.302 e. The summed E-state index contributed by atoms with van der Waals surface area (Å²) in [5.74, 6) is 0.149. The summed E-state index contributed by atoms with van der Waals surface area (Å²) in [6, 6.07) is 7.18. The highest BCUT2D eigenvalue weighted by molar-refractivity contribution is 7.89. The number of thiazole rings is 1. The first kappa shape index (κ1) is 18.6. The number of amides is 1. The van der Waals surface area contributed by atoms with Crippen LogP contribution in [-0.2, 0) is 34.2 Å². The van der Waals surface area contributed by atoms with Gasteiger partial charge in [0.25, 0.3) is 0 Å². The molecule has 8 heteroatoms. The molecule has 0 saturated heterocycles. The Kier molecular flexibility index (Phi) is 5.05. The zero-order valence-corrected chi connectivity index (χ0v) is 16.9. The number of fused-ring (bicyclic) bond motifs is 1. The first-order valence-electron chi connectivity index (χ1n) is 9.36. The molecule has 0 bridgehead atoms. The molecule has 144 valence electrons. The molecule has 2 aromatic rings. The highest BCUT2D eigenvalue weighted by Gasteiger charge is 2.32. The highest BCUT2D eigenvalue weighted by Crippen LogP contribution is 2.34. The molecule has 2 aliphatic rings. The molecule has 1 saturated carbocycles. The molecule has 6 nitrogen and oxygen atoms in total. The maximum Gasteiger partial charge on any atom is 0.243 e. The molecule has 27 heavy (non-hydrogen) atoms. The van der Waals surface area contributed by atoms with Crippen LogP contribution in [0.2, 0.25) is 0 Å². The lowest BCUT2D eigenvalue weighted by Gasteiger charge is -2.25. The molecule has 1 fully saturated rings. The Balaban J connectivity index is 1.49. The first-order valence-corrected chi connectivity index (χ1v) is 11.6. The van der Waals surface area contributed by atoms with Gasteiger partial charge in [-0.2, -0.15) is 4.31 Å². The average Bonchev–Trinajstić information content (AvgIpc) is 3.42. The standard InChI is InChI=1S/C19H23N3O3S2/c1-2-3-13-4-8-15(9-5-13)27(24,25)22-11-10-16-17(12-22)26-19(20-16)21-18(23)14-6-7-14/h4-5,8-9,14H,2-3,6-7,10-12H2,1H3,(H,20,21,23). The maximum atomic E-state index is 13.0. The second-order valence-corrected chi connectivity index (χ2v) is 10.2. The molecule has 1 aliphatic carbocycles. The summed E-state index contributed by atoms with van der Waals surface area (Å²) in [4.78, 5) is 17.7. The smallest absolute Gasteiger partial charge is 0.243 e. The molecule has 1 N–H and O–H groups in total. The first-order chi connectivity index (χ1) is 13.0. The van der Waals surface area contributed by atoms with Crippen molar-refractivity contribution in [3.05, 3.63) is 40.4 Å². The lowest BCUT2D eigenvalue weighted by Crippen LogP contribution is -2.35. The number of carbonyl (C=O) groups excluding carboxylic acids is 1. The van der Waals surface area contributed by atoms with E-state index in [1.165, 1.54) is 15.6 Å². The third-order valence-corrected chi connectivity index (χ3v) is 7.83. The van der Waals surface area contributed by atoms with Gasteiger partial charge >= 0.3 is 0 Å². The number of aryl methyl sites for hydroxylation is 1. The van der Waals surface area contributed by atoms with Gasteiger partial charge in [0.15, 0.2) is 5.13 Å². The number of sulfonamides is 1. The van der Waals surface area contributed by atoms with E-state index in [9.17, 15) is 13.2 Å². The van der Waals surface area contributed by atoms with E-state index in [1.54, 1.807) is 12.1 Å². The van der Waals surface area contributed by atoms with Crippen LogP contribution >= 0.6 is 11.3 Å². The van der Waals surface area contributed by atoms with Crippen LogP contribution in [0.25, 0.3) is 0 Å². The Morgan fingerprint density at radius 3 is 2.70 bits per heavy atom. The Morgan fingerprint density at radius 1 is 1.30 bits per heavy atom. The molecule has 1 amide bonds. The van der Waals surface area contributed by atoms with E-state index in [0.29, 0.717) is 29.5 Å². The van der Waals surface area contributed by atoms with Crippen molar-refractivity contribution in [2.24, 2.45) is 5.92 Å². The minimum absolute atomic E-state index is 0.0257. The lowest BCUT2D eigenvalue weighted by atomic mass is 10.1. The van der Waals surface area contributed by atoms with Crippen molar-refractivity contribution >= 4 is 32.4 Å². The third-order valence-electron chi connectivity index (χ3n) is 4.97. The van der Waals surface area contributed by atoms with Crippen LogP contribution in [0.3, 0.4) is 0 Å². The molecule has 0 spiro atoms. The fraction of sp³-hybridized carbons (Fsp3) is 0.474. The summed E-state index contributed by atoms with van der Waals surface area (Å²) in [7, 11) is -3.53. The van der Waals surface area contributed by atoms with Gasteiger partial charge in [0, 0.05) is 23.8 Å². The Labute approximate surface area is 163 Å². The van der Waals surface area contributed by atoms with Crippen molar-refractivity contribution in [3.8, 4) is 0 Å². The molecule has 0 radical (unpaired) electrons. The number of carbonyl (C=O) groups is 1. The van der Waals surface area contributed by atoms with Gasteiger partial charge in [-0.3, -0.25) is 4.79 Å². The zero-order valence-electron chi connectivity index (χ0n) is 15.3. The van der Waals surface area contributed by atoms with Crippen molar-refractivity contribution in [2.75, 3.05) is 11.9 Å². The molecule has 1 aliphatic heterocycles. The molecule has 0 unspecified atom stereocenters. The van der Waals surface area contributed by atoms with Crippen LogP contribution < -0.4 is 5.32 Å².